The summed E-state index contributed by atoms with van der Waals surface area (Å²) >= 11 is 9.07. The zero-order chi connectivity index (χ0) is 14.1. The van der Waals surface area contributed by atoms with Crippen molar-refractivity contribution in [2.75, 3.05) is 6.54 Å². The predicted molar refractivity (Wildman–Crippen MR) is 78.7 cm³/mol. The molecular weight excluding hydrogens is 352 g/mol. The highest BCUT2D eigenvalue weighted by molar-refractivity contribution is 9.10. The molecule has 4 nitrogen and oxygen atoms in total. The number of aromatic nitrogens is 1. The highest BCUT2D eigenvalue weighted by Gasteiger charge is 2.36. The number of rotatable bonds is 5. The van der Waals surface area contributed by atoms with Gasteiger partial charge in [-0.2, -0.15) is 0 Å². The van der Waals surface area contributed by atoms with E-state index in [0.29, 0.717) is 11.0 Å². The minimum Gasteiger partial charge on any atom is -0.242 e. The van der Waals surface area contributed by atoms with Gasteiger partial charge in [-0.1, -0.05) is 24.9 Å². The number of hydrogen-bond acceptors (Lipinski definition) is 3. The summed E-state index contributed by atoms with van der Waals surface area (Å²) in [5.41, 5.74) is 0.124. The van der Waals surface area contributed by atoms with Crippen LogP contribution in [-0.2, 0) is 10.0 Å². The third kappa shape index (κ3) is 3.29. The Kier molecular flexibility index (Phi) is 4.55. The van der Waals surface area contributed by atoms with Crippen LogP contribution in [0.1, 0.15) is 32.6 Å². The molecule has 19 heavy (non-hydrogen) atoms. The van der Waals surface area contributed by atoms with Crippen LogP contribution in [-0.4, -0.2) is 19.9 Å². The molecule has 0 spiro atoms. The molecule has 1 aliphatic rings. The lowest BCUT2D eigenvalue weighted by molar-refractivity contribution is 0.133. The molecule has 0 amide bonds. The molecule has 1 N–H and O–H groups in total. The van der Waals surface area contributed by atoms with Crippen LogP contribution < -0.4 is 4.72 Å². The van der Waals surface area contributed by atoms with Gasteiger partial charge in [0.05, 0.1) is 0 Å². The van der Waals surface area contributed by atoms with Gasteiger partial charge in [-0.25, -0.2) is 18.1 Å². The van der Waals surface area contributed by atoms with Gasteiger partial charge in [0, 0.05) is 17.2 Å². The lowest BCUT2D eigenvalue weighted by Gasteiger charge is -2.41. The molecule has 1 aromatic heterocycles. The Bertz CT molecular complexity index is 568. The quantitative estimate of drug-likeness (QED) is 0.812. The Balaban J connectivity index is 2.16. The van der Waals surface area contributed by atoms with Gasteiger partial charge >= 0.3 is 0 Å². The fourth-order valence-electron chi connectivity index (χ4n) is 2.25. The van der Waals surface area contributed by atoms with Gasteiger partial charge in [0.15, 0.2) is 0 Å². The minimum atomic E-state index is -3.61. The monoisotopic (exact) mass is 366 g/mol. The molecule has 0 atom stereocenters. The van der Waals surface area contributed by atoms with Gasteiger partial charge in [-0.15, -0.1) is 0 Å². The fraction of sp³-hybridized carbons (Fsp3) is 0.583. The van der Waals surface area contributed by atoms with E-state index < -0.39 is 10.0 Å². The first kappa shape index (κ1) is 15.2. The van der Waals surface area contributed by atoms with E-state index in [2.05, 4.69) is 32.6 Å². The second-order valence-electron chi connectivity index (χ2n) is 4.97. The molecule has 0 bridgehead atoms. The molecule has 1 fully saturated rings. The SMILES string of the molecule is CCC1(CNS(=O)(=O)c2cc(Br)cnc2Cl)CCC1. The average Bonchev–Trinajstić information content (AvgIpc) is 2.31. The Morgan fingerprint density at radius 1 is 1.53 bits per heavy atom. The van der Waals surface area contributed by atoms with Crippen LogP contribution in [0.15, 0.2) is 21.6 Å². The smallest absolute Gasteiger partial charge is 0.242 e. The molecule has 1 aromatic rings. The first-order valence-electron chi connectivity index (χ1n) is 6.19. The van der Waals surface area contributed by atoms with Crippen molar-refractivity contribution in [3.8, 4) is 0 Å². The summed E-state index contributed by atoms with van der Waals surface area (Å²) in [6, 6.07) is 1.47. The zero-order valence-corrected chi connectivity index (χ0v) is 13.8. The Hall–Kier alpha value is -0.170. The van der Waals surface area contributed by atoms with Crippen LogP contribution in [0.5, 0.6) is 0 Å². The molecule has 1 aliphatic carbocycles. The second-order valence-corrected chi connectivity index (χ2v) is 7.98. The minimum absolute atomic E-state index is 0.00476. The predicted octanol–water partition coefficient (Wildman–Crippen LogP) is 3.36. The first-order valence-corrected chi connectivity index (χ1v) is 8.85. The molecule has 0 saturated heterocycles. The van der Waals surface area contributed by atoms with Crippen molar-refractivity contribution < 1.29 is 8.42 Å². The largest absolute Gasteiger partial charge is 0.243 e. The number of pyridine rings is 1. The first-order chi connectivity index (χ1) is 8.88. The summed E-state index contributed by atoms with van der Waals surface area (Å²) in [5, 5.41) is -0.00476. The maximum Gasteiger partial charge on any atom is 0.243 e. The number of sulfonamides is 1. The van der Waals surface area contributed by atoms with Crippen molar-refractivity contribution in [3.05, 3.63) is 21.9 Å². The maximum atomic E-state index is 12.3. The average molecular weight is 368 g/mol. The fourth-order valence-corrected chi connectivity index (χ4v) is 4.35. The Labute approximate surface area is 127 Å². The molecule has 7 heteroatoms. The summed E-state index contributed by atoms with van der Waals surface area (Å²) < 4.78 is 27.8. The van der Waals surface area contributed by atoms with Crippen molar-refractivity contribution >= 4 is 37.6 Å². The maximum absolute atomic E-state index is 12.3. The van der Waals surface area contributed by atoms with Crippen molar-refractivity contribution in [2.45, 2.75) is 37.5 Å². The number of hydrogen-bond donors (Lipinski definition) is 1. The van der Waals surface area contributed by atoms with E-state index >= 15 is 0 Å². The van der Waals surface area contributed by atoms with E-state index in [1.54, 1.807) is 0 Å². The summed E-state index contributed by atoms with van der Waals surface area (Å²) in [4.78, 5) is 3.87. The van der Waals surface area contributed by atoms with Crippen LogP contribution in [0.4, 0.5) is 0 Å². The highest BCUT2D eigenvalue weighted by atomic mass is 79.9. The third-order valence-corrected chi connectivity index (χ3v) is 6.13. The Morgan fingerprint density at radius 3 is 2.74 bits per heavy atom. The van der Waals surface area contributed by atoms with E-state index in [1.165, 1.54) is 18.7 Å². The molecule has 0 aromatic carbocycles. The molecule has 106 valence electrons. The van der Waals surface area contributed by atoms with Crippen LogP contribution in [0, 0.1) is 5.41 Å². The van der Waals surface area contributed by atoms with Gasteiger partial charge < -0.3 is 0 Å². The van der Waals surface area contributed by atoms with Crippen LogP contribution in [0.3, 0.4) is 0 Å². The lowest BCUT2D eigenvalue weighted by atomic mass is 9.67. The van der Waals surface area contributed by atoms with Crippen molar-refractivity contribution in [3.63, 3.8) is 0 Å². The topological polar surface area (TPSA) is 59.1 Å². The van der Waals surface area contributed by atoms with Crippen molar-refractivity contribution in [1.29, 1.82) is 0 Å². The second kappa shape index (κ2) is 5.68. The van der Waals surface area contributed by atoms with Gasteiger partial charge in [0.2, 0.25) is 10.0 Å². The molecule has 1 heterocycles. The molecule has 0 aliphatic heterocycles. The standard InChI is InChI=1S/C12H16BrClN2O2S/c1-2-12(4-3-5-12)8-16-19(17,18)10-6-9(13)7-15-11(10)14/h6-7,16H,2-5,8H2,1H3. The molecule has 2 rings (SSSR count). The zero-order valence-electron chi connectivity index (χ0n) is 10.6. The molecular formula is C12H16BrClN2O2S. The molecule has 1 saturated carbocycles. The summed E-state index contributed by atoms with van der Waals surface area (Å²) in [6.45, 7) is 2.57. The number of nitrogens with zero attached hydrogens (tertiary/aromatic N) is 1. The van der Waals surface area contributed by atoms with E-state index in [4.69, 9.17) is 11.6 Å². The van der Waals surface area contributed by atoms with Crippen molar-refractivity contribution in [1.82, 2.24) is 9.71 Å². The van der Waals surface area contributed by atoms with Crippen molar-refractivity contribution in [2.24, 2.45) is 5.41 Å². The van der Waals surface area contributed by atoms with Crippen LogP contribution in [0.25, 0.3) is 0 Å². The van der Waals surface area contributed by atoms with Gasteiger partial charge in [0.25, 0.3) is 0 Å². The van der Waals surface area contributed by atoms with Gasteiger partial charge in [0.1, 0.15) is 10.0 Å². The normalized spacial score (nSPS) is 18.1. The number of nitrogens with one attached hydrogen (secondary N) is 1. The summed E-state index contributed by atoms with van der Waals surface area (Å²) in [5.74, 6) is 0. The molecule has 0 radical (unpaired) electrons. The van der Waals surface area contributed by atoms with Gasteiger partial charge in [-0.3, -0.25) is 0 Å². The summed E-state index contributed by atoms with van der Waals surface area (Å²) in [6.07, 6.45) is 5.79. The van der Waals surface area contributed by atoms with E-state index in [0.717, 1.165) is 19.3 Å². The Morgan fingerprint density at radius 2 is 2.21 bits per heavy atom. The molecule has 0 unspecified atom stereocenters. The van der Waals surface area contributed by atoms with E-state index in [1.807, 2.05) is 0 Å². The highest BCUT2D eigenvalue weighted by Crippen LogP contribution is 2.43. The van der Waals surface area contributed by atoms with Crippen LogP contribution in [0.2, 0.25) is 5.15 Å². The lowest BCUT2D eigenvalue weighted by Crippen LogP contribution is -2.41. The third-order valence-electron chi connectivity index (χ3n) is 3.86. The van der Waals surface area contributed by atoms with E-state index in [9.17, 15) is 8.42 Å². The van der Waals surface area contributed by atoms with E-state index in [-0.39, 0.29) is 15.5 Å². The van der Waals surface area contributed by atoms with Gasteiger partial charge in [-0.05, 0) is 46.7 Å². The van der Waals surface area contributed by atoms with Crippen LogP contribution >= 0.6 is 27.5 Å². The number of halogens is 2. The summed E-state index contributed by atoms with van der Waals surface area (Å²) in [7, 11) is -3.61.